The predicted molar refractivity (Wildman–Crippen MR) is 501 cm³/mol. The van der Waals surface area contributed by atoms with Gasteiger partial charge in [-0.1, -0.05) is 78.7 Å². The summed E-state index contributed by atoms with van der Waals surface area (Å²) in [5, 5.41) is 34.8. The molecule has 1 unspecified atom stereocenters. The van der Waals surface area contributed by atoms with Gasteiger partial charge in [-0.2, -0.15) is 0 Å². The van der Waals surface area contributed by atoms with Crippen LogP contribution in [0.2, 0.25) is 0 Å². The SMILES string of the molecule is CC(C)=O.CCCC[P+](CCCC)(CCCC)C(C(=O)OCC)C1=C([O-])c2ccc(F)cc2C(=O)C1=O.CCN(CC)CC.CCOC(=O)c1c(C)oc2c1C(=O)c1ccc(F)cc1C2=O.Cc1oc2c(c1C(=O)NCCCn1ccnc1)C(=O)c1ccc(F)cc1C2=O.Cc1oc2c(c1C(=O)O)C(=O)c1ccc(F)cc1C2=O.O=C1C=C(O)c2ccc(F)cc2C1=O.O=C1CCCc2ccc(F)cc21. The second-order valence-electron chi connectivity index (χ2n) is 32.9. The third-order valence-corrected chi connectivity index (χ3v) is 28.4. The van der Waals surface area contributed by atoms with Crippen molar-refractivity contribution < 1.29 is 141 Å². The number of Topliss-reactive ketones (excluding diaryl/α,β-unsaturated/α-hetero) is 5. The summed E-state index contributed by atoms with van der Waals surface area (Å²) in [6, 6.07) is 20.9. The Morgan fingerprint density at radius 1 is 0.486 bits per heavy atom. The fraction of sp³-hybridized carbons (Fsp3) is 0.324. The number of carbonyl (C=O) groups is 16. The van der Waals surface area contributed by atoms with Crippen LogP contribution in [-0.2, 0) is 41.6 Å². The van der Waals surface area contributed by atoms with Crippen molar-refractivity contribution >= 4 is 112 Å². The number of hydrogen-bond donors (Lipinski definition) is 3. The number of allylic oxidation sites excluding steroid dienone is 1. The highest BCUT2D eigenvalue weighted by atomic mass is 31.2. The number of imidazole rings is 1. The van der Waals surface area contributed by atoms with Crippen LogP contribution in [0.3, 0.4) is 0 Å². The Bertz CT molecular complexity index is 6570. The molecular formula is C105H105F6N4O24P. The number of aliphatic hydroxyl groups excluding tert-OH is 1. The second-order valence-corrected chi connectivity index (χ2v) is 37.2. The number of aromatic carboxylic acids is 1. The largest absolute Gasteiger partial charge is 0.872 e. The van der Waals surface area contributed by atoms with Crippen LogP contribution in [0.5, 0.6) is 0 Å². The van der Waals surface area contributed by atoms with E-state index in [2.05, 4.69) is 56.7 Å². The minimum Gasteiger partial charge on any atom is -0.872 e. The Kier molecular flexibility index (Phi) is 38.2. The van der Waals surface area contributed by atoms with Gasteiger partial charge in [-0.05, 0) is 215 Å². The molecule has 16 rings (SSSR count). The van der Waals surface area contributed by atoms with Crippen molar-refractivity contribution in [3.63, 3.8) is 0 Å². The molecule has 0 radical (unpaired) electrons. The number of furan rings is 3. The van der Waals surface area contributed by atoms with Crippen molar-refractivity contribution in [2.24, 2.45) is 0 Å². The lowest BCUT2D eigenvalue weighted by Gasteiger charge is -2.38. The van der Waals surface area contributed by atoms with Crippen molar-refractivity contribution in [3.8, 4) is 0 Å². The van der Waals surface area contributed by atoms with Crippen molar-refractivity contribution in [2.45, 2.75) is 166 Å². The maximum Gasteiger partial charge on any atom is 0.351 e. The molecule has 0 aliphatic heterocycles. The number of carbonyl (C=O) groups excluding carboxylic acids is 15. The van der Waals surface area contributed by atoms with E-state index in [0.29, 0.717) is 31.5 Å². The highest BCUT2D eigenvalue weighted by molar-refractivity contribution is 7.77. The monoisotopic (exact) mass is 1950 g/mol. The highest BCUT2D eigenvalue weighted by Crippen LogP contribution is 2.67. The molecule has 0 spiro atoms. The number of carboxylic acids is 1. The summed E-state index contributed by atoms with van der Waals surface area (Å²) in [6.45, 7) is 28.4. The van der Waals surface area contributed by atoms with Crippen LogP contribution in [0.1, 0.15) is 319 Å². The standard InChI is InChI=1S/C26H36FO5P.C20H16FN3O4.C16H11FO5.C14H7FO5.C10H5FO3.C10H9FO.C6H15N.C3H6O/c1-5-9-14-33(15-10-6-2,16-11-7-3)25(26(31)32-8-4)21-22(28)19-13-12-18(27)17-20(19)23(29)24(21)30;1-11-15(20(27)23-5-2-7-24-8-6-22-10-24)16-17(25)13-4-3-12(21)9-14(13)18(26)19(16)28-11;1-3-21-16(20)11-7(2)22-15-12(11)13(18)9-5-4-8(17)6-10(9)14(15)19;1-5-9(14(18)19)10-11(16)7-3-2-6(15)4-8(7)12(17)13(10)20-5;11-5-1-2-6-7(3-5)10(14)9(13)4-8(6)12;11-8-5-4-7-2-1-3-10(12)9(7)6-8;1-4-7(5-2)6-3;1-3(2)4/h12-13,17,25H,5-11,14-16H2,1-4H3;3-4,6,8-10H,2,5,7H2,1H3,(H,23,27);4-6H,3H2,1-2H3;2-4H,1H3,(H,18,19);1-4,12H;4-6H,1-3H2;4-6H2,1-3H3;1-2H3. The number of aryl methyl sites for hydroxylation is 5. The van der Waals surface area contributed by atoms with Gasteiger partial charge < -0.3 is 57.6 Å². The molecule has 1 amide bonds. The summed E-state index contributed by atoms with van der Waals surface area (Å²) in [7, 11) is -2.21. The molecule has 4 aromatic heterocycles. The summed E-state index contributed by atoms with van der Waals surface area (Å²) < 4.78 is 107. The van der Waals surface area contributed by atoms with Crippen LogP contribution in [0.4, 0.5) is 26.3 Å². The molecule has 0 saturated heterocycles. The van der Waals surface area contributed by atoms with E-state index in [-0.39, 0.29) is 166 Å². The van der Waals surface area contributed by atoms with Gasteiger partial charge in [0.2, 0.25) is 40.5 Å². The van der Waals surface area contributed by atoms with Gasteiger partial charge in [-0.25, -0.2) is 45.7 Å². The van der Waals surface area contributed by atoms with E-state index in [9.17, 15) is 113 Å². The number of nitrogens with zero attached hydrogens (tertiary/aromatic N) is 3. The van der Waals surface area contributed by atoms with E-state index in [0.717, 1.165) is 142 Å². The molecular weight excluding hydrogens is 1850 g/mol. The lowest BCUT2D eigenvalue weighted by Crippen LogP contribution is -2.41. The first-order chi connectivity index (χ1) is 66.5. The Morgan fingerprint density at radius 3 is 1.29 bits per heavy atom. The fourth-order valence-corrected chi connectivity index (χ4v) is 22.0. The molecule has 6 aromatic carbocycles. The summed E-state index contributed by atoms with van der Waals surface area (Å²) in [4.78, 5) is 200. The lowest BCUT2D eigenvalue weighted by atomic mass is 9.86. The van der Waals surface area contributed by atoms with Crippen LogP contribution in [0.15, 0.2) is 153 Å². The number of halogens is 6. The molecule has 6 aliphatic carbocycles. The molecule has 0 fully saturated rings. The molecule has 140 heavy (non-hydrogen) atoms. The number of rotatable bonds is 24. The summed E-state index contributed by atoms with van der Waals surface area (Å²) >= 11 is 0. The van der Waals surface area contributed by atoms with Gasteiger partial charge in [0.25, 0.3) is 5.91 Å². The van der Waals surface area contributed by atoms with Gasteiger partial charge in [0, 0.05) is 106 Å². The number of unbranched alkanes of at least 4 members (excludes halogenated alkanes) is 3. The van der Waals surface area contributed by atoms with E-state index in [4.69, 9.17) is 27.8 Å². The van der Waals surface area contributed by atoms with Gasteiger partial charge in [-0.15, -0.1) is 0 Å². The van der Waals surface area contributed by atoms with Crippen molar-refractivity contribution in [2.75, 3.05) is 57.9 Å². The van der Waals surface area contributed by atoms with Crippen LogP contribution in [0, 0.1) is 55.7 Å². The summed E-state index contributed by atoms with van der Waals surface area (Å²) in [6.07, 6.45) is 16.7. The minimum atomic E-state index is -2.21. The van der Waals surface area contributed by atoms with Crippen LogP contribution >= 0.6 is 7.26 Å². The number of nitrogens with one attached hydrogen (secondary N) is 1. The number of amides is 1. The molecule has 3 N–H and O–H groups in total. The zero-order valence-electron chi connectivity index (χ0n) is 79.4. The Morgan fingerprint density at radius 2 is 0.879 bits per heavy atom. The second kappa shape index (κ2) is 49.1. The van der Waals surface area contributed by atoms with Crippen molar-refractivity contribution in [1.29, 1.82) is 0 Å². The Hall–Kier alpha value is -14.7. The van der Waals surface area contributed by atoms with Crippen LogP contribution < -0.4 is 10.4 Å². The highest BCUT2D eigenvalue weighted by Gasteiger charge is 2.55. The first-order valence-electron chi connectivity index (χ1n) is 45.4. The number of ether oxygens (including phenoxy) is 2. The number of benzene rings is 6. The molecule has 6 aliphatic rings. The maximum atomic E-state index is 13.8. The number of hydrogen-bond acceptors (Lipinski definition) is 25. The van der Waals surface area contributed by atoms with Crippen LogP contribution in [0.25, 0.3) is 11.5 Å². The zero-order chi connectivity index (χ0) is 103. The van der Waals surface area contributed by atoms with E-state index in [1.54, 1.807) is 32.4 Å². The summed E-state index contributed by atoms with van der Waals surface area (Å²) in [5.41, 5.74) is -0.740. The smallest absolute Gasteiger partial charge is 0.351 e. The predicted octanol–water partition coefficient (Wildman–Crippen LogP) is 18.2. The molecule has 1 atom stereocenters. The van der Waals surface area contributed by atoms with E-state index >= 15 is 0 Å². The van der Waals surface area contributed by atoms with Crippen LogP contribution in [-0.4, -0.2) is 181 Å². The molecule has 28 nitrogen and oxygen atoms in total. The first kappa shape index (κ1) is 109. The topological polar surface area (TPSA) is 428 Å². The Labute approximate surface area is 802 Å². The average Bonchev–Trinajstić information content (AvgIpc) is 1.21. The van der Waals surface area contributed by atoms with Gasteiger partial charge in [0.1, 0.15) is 74.9 Å². The van der Waals surface area contributed by atoms with Gasteiger partial charge >= 0.3 is 17.9 Å². The molecule has 35 heteroatoms. The molecule has 736 valence electrons. The van der Waals surface area contributed by atoms with E-state index in [1.165, 1.54) is 96.7 Å². The molecule has 0 saturated carbocycles. The van der Waals surface area contributed by atoms with Gasteiger partial charge in [0.15, 0.2) is 46.1 Å². The number of ketones is 12. The fourth-order valence-electron chi connectivity index (χ4n) is 16.4. The Balaban J connectivity index is 0.000000188. The van der Waals surface area contributed by atoms with Crippen molar-refractivity contribution in [1.82, 2.24) is 19.8 Å². The quantitative estimate of drug-likeness (QED) is 0.0166. The number of fused-ring (bicyclic) bond motifs is 9. The van der Waals surface area contributed by atoms with E-state index < -0.39 is 129 Å². The first-order valence-corrected chi connectivity index (χ1v) is 47.8. The lowest BCUT2D eigenvalue weighted by molar-refractivity contribution is -0.245. The number of esters is 2. The van der Waals surface area contributed by atoms with E-state index in [1.807, 2.05) is 10.8 Å². The molecule has 0 bridgehead atoms. The number of aromatic nitrogens is 2. The normalized spacial score (nSPS) is 13.5. The number of aliphatic hydroxyl groups is 1. The third kappa shape index (κ3) is 24.9. The molecule has 4 heterocycles. The average molecular weight is 1950 g/mol. The van der Waals surface area contributed by atoms with Gasteiger partial charge in [0.05, 0.1) is 60.3 Å². The zero-order valence-corrected chi connectivity index (χ0v) is 80.2. The third-order valence-electron chi connectivity index (χ3n) is 23.2. The van der Waals surface area contributed by atoms with Crippen molar-refractivity contribution in [3.05, 3.63) is 309 Å². The maximum absolute atomic E-state index is 13.8. The summed E-state index contributed by atoms with van der Waals surface area (Å²) in [5.74, 6) is -15.1. The molecule has 10 aromatic rings. The van der Waals surface area contributed by atoms with Gasteiger partial charge in [-0.3, -0.25) is 57.5 Å². The minimum absolute atomic E-state index is 0.00938. The number of carboxylic acid groups (broad SMARTS) is 1.